The maximum Gasteiger partial charge on any atom is 0.254 e. The van der Waals surface area contributed by atoms with Crippen LogP contribution < -0.4 is 15.4 Å². The molecular formula is C13H17FN2O3. The van der Waals surface area contributed by atoms with Crippen molar-refractivity contribution in [3.63, 3.8) is 0 Å². The van der Waals surface area contributed by atoms with Crippen LogP contribution in [-0.4, -0.2) is 38.3 Å². The average Bonchev–Trinajstić information content (AvgIpc) is 2.43. The molecule has 2 rings (SSSR count). The lowest BCUT2D eigenvalue weighted by Gasteiger charge is -2.23. The van der Waals surface area contributed by atoms with Crippen molar-refractivity contribution in [2.75, 3.05) is 31.6 Å². The smallest absolute Gasteiger partial charge is 0.254 e. The van der Waals surface area contributed by atoms with Crippen molar-refractivity contribution < 1.29 is 18.7 Å². The third-order valence-corrected chi connectivity index (χ3v) is 2.72. The van der Waals surface area contributed by atoms with E-state index in [1.165, 1.54) is 18.2 Å². The first kappa shape index (κ1) is 13.8. The van der Waals surface area contributed by atoms with Crippen molar-refractivity contribution in [2.24, 2.45) is 0 Å². The number of amides is 1. The largest absolute Gasteiger partial charge is 0.492 e. The fraction of sp³-hybridized carbons (Fsp3) is 0.462. The Balaban J connectivity index is 2.06. The van der Waals surface area contributed by atoms with Gasteiger partial charge in [-0.2, -0.15) is 0 Å². The molecule has 1 aromatic carbocycles. The summed E-state index contributed by atoms with van der Waals surface area (Å²) in [5.74, 6) is -0.351. The number of ether oxygens (including phenoxy) is 2. The van der Waals surface area contributed by atoms with Crippen LogP contribution in [0.5, 0.6) is 5.75 Å². The molecule has 1 aromatic rings. The van der Waals surface area contributed by atoms with Gasteiger partial charge in [0.05, 0.1) is 18.9 Å². The summed E-state index contributed by atoms with van der Waals surface area (Å²) >= 11 is 0. The van der Waals surface area contributed by atoms with Crippen molar-refractivity contribution in [2.45, 2.75) is 13.0 Å². The predicted molar refractivity (Wildman–Crippen MR) is 68.8 cm³/mol. The van der Waals surface area contributed by atoms with Crippen LogP contribution in [0.15, 0.2) is 18.2 Å². The van der Waals surface area contributed by atoms with Gasteiger partial charge in [-0.25, -0.2) is 4.39 Å². The molecule has 1 saturated heterocycles. The molecule has 2 N–H and O–H groups in total. The average molecular weight is 268 g/mol. The molecule has 0 saturated carbocycles. The number of morpholine rings is 1. The van der Waals surface area contributed by atoms with Gasteiger partial charge in [-0.3, -0.25) is 4.79 Å². The highest BCUT2D eigenvalue weighted by atomic mass is 19.1. The summed E-state index contributed by atoms with van der Waals surface area (Å²) in [6.07, 6.45) is -0.534. The van der Waals surface area contributed by atoms with E-state index in [0.717, 1.165) is 6.54 Å². The molecule has 0 aromatic heterocycles. The maximum absolute atomic E-state index is 13.1. The van der Waals surface area contributed by atoms with Crippen molar-refractivity contribution in [3.05, 3.63) is 24.0 Å². The topological polar surface area (TPSA) is 59.6 Å². The molecule has 1 heterocycles. The molecule has 0 bridgehead atoms. The number of hydrogen-bond donors (Lipinski definition) is 2. The van der Waals surface area contributed by atoms with Gasteiger partial charge in [0.2, 0.25) is 0 Å². The summed E-state index contributed by atoms with van der Waals surface area (Å²) in [6.45, 7) is 3.90. The molecule has 0 radical (unpaired) electrons. The second-order valence-electron chi connectivity index (χ2n) is 4.13. The number of halogens is 1. The van der Waals surface area contributed by atoms with E-state index in [-0.39, 0.29) is 5.91 Å². The van der Waals surface area contributed by atoms with Crippen molar-refractivity contribution in [1.29, 1.82) is 0 Å². The molecule has 1 aliphatic heterocycles. The highest BCUT2D eigenvalue weighted by molar-refractivity contribution is 5.95. The zero-order valence-corrected chi connectivity index (χ0v) is 10.7. The van der Waals surface area contributed by atoms with E-state index < -0.39 is 11.9 Å². The van der Waals surface area contributed by atoms with Gasteiger partial charge in [-0.15, -0.1) is 0 Å². The first-order valence-electron chi connectivity index (χ1n) is 6.26. The fourth-order valence-corrected chi connectivity index (χ4v) is 1.82. The van der Waals surface area contributed by atoms with E-state index in [2.05, 4.69) is 10.6 Å². The lowest BCUT2D eigenvalue weighted by atomic mass is 10.2. The van der Waals surface area contributed by atoms with Gasteiger partial charge in [-0.1, -0.05) is 0 Å². The van der Waals surface area contributed by atoms with E-state index >= 15 is 0 Å². The summed E-state index contributed by atoms with van der Waals surface area (Å²) in [5, 5.41) is 5.77. The van der Waals surface area contributed by atoms with E-state index in [9.17, 15) is 9.18 Å². The Morgan fingerprint density at radius 1 is 1.63 bits per heavy atom. The van der Waals surface area contributed by atoms with Crippen molar-refractivity contribution in [1.82, 2.24) is 5.32 Å². The van der Waals surface area contributed by atoms with Crippen LogP contribution >= 0.6 is 0 Å². The molecule has 0 aliphatic carbocycles. The minimum Gasteiger partial charge on any atom is -0.492 e. The molecule has 5 nitrogen and oxygen atoms in total. The first-order chi connectivity index (χ1) is 9.20. The Labute approximate surface area is 111 Å². The molecule has 1 atom stereocenters. The third-order valence-electron chi connectivity index (χ3n) is 2.72. The number of anilines is 1. The van der Waals surface area contributed by atoms with Crippen LogP contribution in [-0.2, 0) is 9.53 Å². The lowest BCUT2D eigenvalue weighted by Crippen LogP contribution is -2.45. The van der Waals surface area contributed by atoms with Gasteiger partial charge in [-0.05, 0) is 19.1 Å². The van der Waals surface area contributed by atoms with Crippen LogP contribution in [0.4, 0.5) is 10.1 Å². The Morgan fingerprint density at radius 2 is 2.47 bits per heavy atom. The number of carbonyl (C=O) groups is 1. The number of benzene rings is 1. The van der Waals surface area contributed by atoms with Crippen LogP contribution in [0.25, 0.3) is 0 Å². The molecule has 1 aliphatic rings. The molecule has 104 valence electrons. The van der Waals surface area contributed by atoms with Crippen LogP contribution in [0.1, 0.15) is 6.92 Å². The van der Waals surface area contributed by atoms with Gasteiger partial charge in [0.15, 0.2) is 0 Å². The SMILES string of the molecule is CCOc1cc(F)ccc1NC(=O)C1CNCCO1. The number of carbonyl (C=O) groups excluding carboxylic acids is 1. The highest BCUT2D eigenvalue weighted by Crippen LogP contribution is 2.25. The fourth-order valence-electron chi connectivity index (χ4n) is 1.82. The number of hydrogen-bond acceptors (Lipinski definition) is 4. The monoisotopic (exact) mass is 268 g/mol. The van der Waals surface area contributed by atoms with Crippen molar-refractivity contribution in [3.8, 4) is 5.75 Å². The minimum atomic E-state index is -0.534. The van der Waals surface area contributed by atoms with Gasteiger partial charge in [0.25, 0.3) is 5.91 Å². The van der Waals surface area contributed by atoms with Crippen molar-refractivity contribution >= 4 is 11.6 Å². The Hall–Kier alpha value is -1.66. The second-order valence-corrected chi connectivity index (χ2v) is 4.13. The van der Waals surface area contributed by atoms with Gasteiger partial charge in [0.1, 0.15) is 17.7 Å². The maximum atomic E-state index is 13.1. The molecule has 19 heavy (non-hydrogen) atoms. The highest BCUT2D eigenvalue weighted by Gasteiger charge is 2.22. The predicted octanol–water partition coefficient (Wildman–Crippen LogP) is 1.15. The Morgan fingerprint density at radius 3 is 3.16 bits per heavy atom. The standard InChI is InChI=1S/C13H17FN2O3/c1-2-18-11-7-9(14)3-4-10(11)16-13(17)12-8-15-5-6-19-12/h3-4,7,12,15H,2,5-6,8H2,1H3,(H,16,17). The van der Waals surface area contributed by atoms with E-state index in [4.69, 9.17) is 9.47 Å². The van der Waals surface area contributed by atoms with Crippen LogP contribution in [0, 0.1) is 5.82 Å². The number of nitrogens with one attached hydrogen (secondary N) is 2. The summed E-state index contributed by atoms with van der Waals surface area (Å²) in [7, 11) is 0. The van der Waals surface area contributed by atoms with Gasteiger partial charge in [0, 0.05) is 19.2 Å². The van der Waals surface area contributed by atoms with Gasteiger partial charge >= 0.3 is 0 Å². The summed E-state index contributed by atoms with van der Waals surface area (Å²) < 4.78 is 23.8. The quantitative estimate of drug-likeness (QED) is 0.860. The zero-order valence-electron chi connectivity index (χ0n) is 10.7. The Kier molecular flexibility index (Phi) is 4.70. The second kappa shape index (κ2) is 6.49. The number of rotatable bonds is 4. The van der Waals surface area contributed by atoms with E-state index in [1.807, 2.05) is 0 Å². The molecule has 1 unspecified atom stereocenters. The molecule has 6 heteroatoms. The lowest BCUT2D eigenvalue weighted by molar-refractivity contribution is -0.128. The summed E-state index contributed by atoms with van der Waals surface area (Å²) in [4.78, 5) is 12.0. The Bertz CT molecular complexity index is 448. The van der Waals surface area contributed by atoms with Crippen LogP contribution in [0.2, 0.25) is 0 Å². The zero-order chi connectivity index (χ0) is 13.7. The van der Waals surface area contributed by atoms with E-state index in [1.54, 1.807) is 6.92 Å². The van der Waals surface area contributed by atoms with Gasteiger partial charge < -0.3 is 20.1 Å². The first-order valence-corrected chi connectivity index (χ1v) is 6.26. The van der Waals surface area contributed by atoms with Crippen LogP contribution in [0.3, 0.4) is 0 Å². The third kappa shape index (κ3) is 3.65. The molecular weight excluding hydrogens is 251 g/mol. The normalized spacial score (nSPS) is 18.9. The molecule has 1 fully saturated rings. The molecule has 0 spiro atoms. The summed E-state index contributed by atoms with van der Waals surface area (Å²) in [6, 6.07) is 4.01. The minimum absolute atomic E-state index is 0.264. The summed E-state index contributed by atoms with van der Waals surface area (Å²) in [5.41, 5.74) is 0.447. The van der Waals surface area contributed by atoms with E-state index in [0.29, 0.717) is 31.2 Å². The molecule has 1 amide bonds.